The van der Waals surface area contributed by atoms with Gasteiger partial charge in [-0.2, -0.15) is 0 Å². The van der Waals surface area contributed by atoms with Gasteiger partial charge in [0.1, 0.15) is 5.84 Å². The molecule has 0 aliphatic carbocycles. The number of oxime groups is 1. The second-order valence-electron chi connectivity index (χ2n) is 3.48. The van der Waals surface area contributed by atoms with Gasteiger partial charge >= 0.3 is 0 Å². The number of aliphatic hydroxyl groups excluding tert-OH is 1. The van der Waals surface area contributed by atoms with Crippen LogP contribution in [0.25, 0.3) is 0 Å². The minimum absolute atomic E-state index is 0.175. The molecule has 0 amide bonds. The Balaban J connectivity index is 3.89. The maximum atomic E-state index is 8.72. The molecule has 2 atom stereocenters. The highest BCUT2D eigenvalue weighted by Gasteiger charge is 2.11. The van der Waals surface area contributed by atoms with E-state index < -0.39 is 0 Å². The monoisotopic (exact) mass is 203 g/mol. The number of nitrogens with zero attached hydrogens (tertiary/aromatic N) is 1. The van der Waals surface area contributed by atoms with Crippen LogP contribution in [0.4, 0.5) is 0 Å². The summed E-state index contributed by atoms with van der Waals surface area (Å²) in [7, 11) is 0. The van der Waals surface area contributed by atoms with Gasteiger partial charge in [-0.05, 0) is 19.8 Å². The first-order chi connectivity index (χ1) is 6.63. The van der Waals surface area contributed by atoms with E-state index in [1.54, 1.807) is 0 Å². The standard InChI is InChI=1S/C9H21N3O2/c1-3-8(6-9(10)12-14)11-7(2)4-5-13/h7-8,11,13-14H,3-6H2,1-2H3,(H2,10,12). The van der Waals surface area contributed by atoms with E-state index in [9.17, 15) is 0 Å². The Morgan fingerprint density at radius 3 is 2.64 bits per heavy atom. The van der Waals surface area contributed by atoms with Gasteiger partial charge in [-0.25, -0.2) is 0 Å². The SMILES string of the molecule is CCC(CC(N)=NO)NC(C)CCO. The number of nitrogens with one attached hydrogen (secondary N) is 1. The molecule has 0 aliphatic rings. The van der Waals surface area contributed by atoms with E-state index >= 15 is 0 Å². The lowest BCUT2D eigenvalue weighted by atomic mass is 10.1. The van der Waals surface area contributed by atoms with Crippen LogP contribution >= 0.6 is 0 Å². The topological polar surface area (TPSA) is 90.9 Å². The lowest BCUT2D eigenvalue weighted by Gasteiger charge is -2.21. The van der Waals surface area contributed by atoms with Crippen LogP contribution in [0.3, 0.4) is 0 Å². The number of amidine groups is 1. The molecular weight excluding hydrogens is 182 g/mol. The molecule has 0 aromatic carbocycles. The zero-order valence-corrected chi connectivity index (χ0v) is 8.90. The summed E-state index contributed by atoms with van der Waals surface area (Å²) in [5.41, 5.74) is 5.41. The van der Waals surface area contributed by atoms with E-state index in [0.29, 0.717) is 12.8 Å². The molecule has 0 saturated carbocycles. The van der Waals surface area contributed by atoms with Crippen molar-refractivity contribution in [1.29, 1.82) is 0 Å². The van der Waals surface area contributed by atoms with E-state index in [1.807, 2.05) is 13.8 Å². The van der Waals surface area contributed by atoms with Crippen molar-refractivity contribution in [1.82, 2.24) is 5.32 Å². The second-order valence-corrected chi connectivity index (χ2v) is 3.48. The molecular formula is C9H21N3O2. The average Bonchev–Trinajstić information content (AvgIpc) is 2.16. The molecule has 5 heteroatoms. The maximum absolute atomic E-state index is 8.72. The Bertz CT molecular complexity index is 173. The van der Waals surface area contributed by atoms with Crippen molar-refractivity contribution in [2.24, 2.45) is 10.9 Å². The number of rotatable bonds is 7. The Labute approximate surface area is 85.0 Å². The van der Waals surface area contributed by atoms with Gasteiger partial charge in [0.15, 0.2) is 0 Å². The highest BCUT2D eigenvalue weighted by Crippen LogP contribution is 2.01. The molecule has 0 heterocycles. The molecule has 0 aromatic rings. The number of hydrogen-bond acceptors (Lipinski definition) is 4. The van der Waals surface area contributed by atoms with Crippen LogP contribution in [0.1, 0.15) is 33.1 Å². The van der Waals surface area contributed by atoms with Crippen molar-refractivity contribution in [3.63, 3.8) is 0 Å². The normalized spacial score (nSPS) is 16.6. The van der Waals surface area contributed by atoms with E-state index in [0.717, 1.165) is 6.42 Å². The average molecular weight is 203 g/mol. The van der Waals surface area contributed by atoms with Crippen molar-refractivity contribution in [2.45, 2.75) is 45.2 Å². The number of aliphatic hydroxyl groups is 1. The summed E-state index contributed by atoms with van der Waals surface area (Å²) in [5, 5.41) is 23.4. The van der Waals surface area contributed by atoms with Gasteiger partial charge in [-0.15, -0.1) is 0 Å². The molecule has 2 unspecified atom stereocenters. The molecule has 0 rings (SSSR count). The van der Waals surface area contributed by atoms with E-state index in [4.69, 9.17) is 16.0 Å². The van der Waals surface area contributed by atoms with Crippen LogP contribution < -0.4 is 11.1 Å². The minimum atomic E-state index is 0.175. The first kappa shape index (κ1) is 13.2. The fraction of sp³-hybridized carbons (Fsp3) is 0.889. The summed E-state index contributed by atoms with van der Waals surface area (Å²) in [6, 6.07) is 0.448. The largest absolute Gasteiger partial charge is 0.409 e. The van der Waals surface area contributed by atoms with Gasteiger partial charge in [-0.1, -0.05) is 12.1 Å². The summed E-state index contributed by atoms with van der Waals surface area (Å²) in [5.74, 6) is 0.237. The zero-order valence-electron chi connectivity index (χ0n) is 8.90. The third-order valence-electron chi connectivity index (χ3n) is 2.16. The molecule has 5 nitrogen and oxygen atoms in total. The van der Waals surface area contributed by atoms with Crippen molar-refractivity contribution in [3.8, 4) is 0 Å². The van der Waals surface area contributed by atoms with Crippen molar-refractivity contribution in [3.05, 3.63) is 0 Å². The zero-order chi connectivity index (χ0) is 11.0. The van der Waals surface area contributed by atoms with Crippen LogP contribution in [-0.4, -0.2) is 34.8 Å². The quantitative estimate of drug-likeness (QED) is 0.207. The van der Waals surface area contributed by atoms with Gasteiger partial charge in [0.05, 0.1) is 0 Å². The minimum Gasteiger partial charge on any atom is -0.409 e. The molecule has 0 bridgehead atoms. The second kappa shape index (κ2) is 7.58. The Kier molecular flexibility index (Phi) is 7.14. The predicted molar refractivity (Wildman–Crippen MR) is 56.4 cm³/mol. The van der Waals surface area contributed by atoms with Crippen LogP contribution in [0, 0.1) is 0 Å². The smallest absolute Gasteiger partial charge is 0.140 e. The third kappa shape index (κ3) is 5.77. The van der Waals surface area contributed by atoms with Crippen LogP contribution in [0.2, 0.25) is 0 Å². The van der Waals surface area contributed by atoms with Gasteiger partial charge in [0.2, 0.25) is 0 Å². The molecule has 14 heavy (non-hydrogen) atoms. The van der Waals surface area contributed by atoms with Crippen molar-refractivity contribution < 1.29 is 10.3 Å². The van der Waals surface area contributed by atoms with Gasteiger partial charge in [0, 0.05) is 25.1 Å². The number of nitrogens with two attached hydrogens (primary N) is 1. The summed E-state index contributed by atoms with van der Waals surface area (Å²) in [6.07, 6.45) is 2.15. The maximum Gasteiger partial charge on any atom is 0.140 e. The van der Waals surface area contributed by atoms with E-state index in [2.05, 4.69) is 10.5 Å². The highest BCUT2D eigenvalue weighted by molar-refractivity contribution is 5.80. The molecule has 0 aromatic heterocycles. The lowest BCUT2D eigenvalue weighted by Crippen LogP contribution is -2.39. The van der Waals surface area contributed by atoms with E-state index in [1.165, 1.54) is 0 Å². The first-order valence-corrected chi connectivity index (χ1v) is 4.97. The molecule has 0 saturated heterocycles. The van der Waals surface area contributed by atoms with Crippen molar-refractivity contribution in [2.75, 3.05) is 6.61 Å². The summed E-state index contributed by atoms with van der Waals surface area (Å²) in [4.78, 5) is 0. The Morgan fingerprint density at radius 1 is 1.57 bits per heavy atom. The summed E-state index contributed by atoms with van der Waals surface area (Å²) >= 11 is 0. The van der Waals surface area contributed by atoms with Gasteiger partial charge in [-0.3, -0.25) is 0 Å². The van der Waals surface area contributed by atoms with E-state index in [-0.39, 0.29) is 24.5 Å². The predicted octanol–water partition coefficient (Wildman–Crippen LogP) is 0.262. The Morgan fingerprint density at radius 2 is 2.21 bits per heavy atom. The molecule has 0 spiro atoms. The van der Waals surface area contributed by atoms with Crippen molar-refractivity contribution >= 4 is 5.84 Å². The Hall–Kier alpha value is -0.810. The lowest BCUT2D eigenvalue weighted by molar-refractivity contribution is 0.262. The van der Waals surface area contributed by atoms with Crippen LogP contribution in [0.5, 0.6) is 0 Å². The van der Waals surface area contributed by atoms with Gasteiger partial charge < -0.3 is 21.4 Å². The molecule has 84 valence electrons. The molecule has 0 radical (unpaired) electrons. The number of hydrogen-bond donors (Lipinski definition) is 4. The molecule has 5 N–H and O–H groups in total. The highest BCUT2D eigenvalue weighted by atomic mass is 16.4. The molecule has 0 fully saturated rings. The third-order valence-corrected chi connectivity index (χ3v) is 2.16. The fourth-order valence-electron chi connectivity index (χ4n) is 1.29. The fourth-order valence-corrected chi connectivity index (χ4v) is 1.29. The van der Waals surface area contributed by atoms with Crippen LogP contribution in [-0.2, 0) is 0 Å². The summed E-state index contributed by atoms with van der Waals surface area (Å²) in [6.45, 7) is 4.22. The summed E-state index contributed by atoms with van der Waals surface area (Å²) < 4.78 is 0. The first-order valence-electron chi connectivity index (χ1n) is 4.97. The molecule has 0 aliphatic heterocycles. The van der Waals surface area contributed by atoms with Gasteiger partial charge in [0.25, 0.3) is 0 Å². The van der Waals surface area contributed by atoms with Crippen LogP contribution in [0.15, 0.2) is 5.16 Å².